The second kappa shape index (κ2) is 36.2. The maximum atomic E-state index is 13.0. The summed E-state index contributed by atoms with van der Waals surface area (Å²) in [5.74, 6) is -0.571. The Balaban J connectivity index is 4.29. The number of amides is 1. The van der Waals surface area contributed by atoms with Gasteiger partial charge in [0, 0.05) is 6.42 Å². The predicted octanol–water partition coefficient (Wildman–Crippen LogP) is 11.9. The van der Waals surface area contributed by atoms with Gasteiger partial charge in [0.2, 0.25) is 5.91 Å². The van der Waals surface area contributed by atoms with Crippen molar-refractivity contribution in [2.24, 2.45) is 5.92 Å². The Morgan fingerprint density at radius 3 is 1.52 bits per heavy atom. The van der Waals surface area contributed by atoms with Crippen LogP contribution in [-0.4, -0.2) is 49.0 Å². The van der Waals surface area contributed by atoms with E-state index >= 15 is 0 Å². The Bertz CT molecular complexity index is 808. The first-order valence-corrected chi connectivity index (χ1v) is 20.4. The van der Waals surface area contributed by atoms with Gasteiger partial charge in [-0.2, -0.15) is 0 Å². The second-order valence-electron chi connectivity index (χ2n) is 13.7. The number of carbonyl (C=O) groups is 3. The highest BCUT2D eigenvalue weighted by Crippen LogP contribution is 2.20. The van der Waals surface area contributed by atoms with Crippen LogP contribution in [0.2, 0.25) is 0 Å². The lowest BCUT2D eigenvalue weighted by atomic mass is 9.94. The lowest BCUT2D eigenvalue weighted by molar-refractivity contribution is -0.150. The number of ether oxygens (including phenoxy) is 2. The van der Waals surface area contributed by atoms with E-state index in [4.69, 9.17) is 9.47 Å². The molecule has 0 fully saturated rings. The lowest BCUT2D eigenvalue weighted by Crippen LogP contribution is -2.36. The Morgan fingerprint density at radius 1 is 0.562 bits per heavy atom. The molecule has 48 heavy (non-hydrogen) atoms. The molecule has 0 spiro atoms. The molecule has 0 aliphatic heterocycles. The molecule has 0 heterocycles. The summed E-state index contributed by atoms with van der Waals surface area (Å²) in [6.45, 7) is 9.38. The van der Waals surface area contributed by atoms with Gasteiger partial charge >= 0.3 is 11.9 Å². The van der Waals surface area contributed by atoms with E-state index in [1.165, 1.54) is 109 Å². The summed E-state index contributed by atoms with van der Waals surface area (Å²) in [4.78, 5) is 39.6. The minimum Gasteiger partial charge on any atom is -0.464 e. The summed E-state index contributed by atoms with van der Waals surface area (Å²) < 4.78 is 11.2. The van der Waals surface area contributed by atoms with Gasteiger partial charge in [-0.05, 0) is 57.9 Å². The fraction of sp³-hybridized carbons (Fsp3) is 0.833. The summed E-state index contributed by atoms with van der Waals surface area (Å²) in [6, 6.07) is 0. The zero-order valence-corrected chi connectivity index (χ0v) is 32.1. The molecule has 0 rings (SSSR count). The molecular formula is C42H77NO5. The molecule has 6 heteroatoms. The Labute approximate surface area is 297 Å². The molecule has 1 amide bonds. The fourth-order valence-electron chi connectivity index (χ4n) is 6.00. The van der Waals surface area contributed by atoms with E-state index in [-0.39, 0.29) is 43.5 Å². The molecule has 0 aromatic rings. The molecule has 280 valence electrons. The minimum absolute atomic E-state index is 0.0646. The molecule has 0 aromatic heterocycles. The van der Waals surface area contributed by atoms with Crippen LogP contribution >= 0.6 is 0 Å². The average Bonchev–Trinajstić information content (AvgIpc) is 3.08. The highest BCUT2D eigenvalue weighted by molar-refractivity contribution is 5.87. The largest absolute Gasteiger partial charge is 0.464 e. The van der Waals surface area contributed by atoms with Crippen LogP contribution in [0.15, 0.2) is 24.3 Å². The van der Waals surface area contributed by atoms with Gasteiger partial charge in [-0.1, -0.05) is 155 Å². The van der Waals surface area contributed by atoms with Crippen LogP contribution in [0.3, 0.4) is 0 Å². The third-order valence-corrected chi connectivity index (χ3v) is 9.14. The van der Waals surface area contributed by atoms with E-state index in [1.54, 1.807) is 17.9 Å². The van der Waals surface area contributed by atoms with Gasteiger partial charge in [0.25, 0.3) is 0 Å². The smallest absolute Gasteiger partial charge is 0.308 e. The second-order valence-corrected chi connectivity index (χ2v) is 13.7. The Hall–Kier alpha value is -2.11. The summed E-state index contributed by atoms with van der Waals surface area (Å²) >= 11 is 0. The molecule has 0 aliphatic rings. The number of nitrogens with zero attached hydrogens (tertiary/aromatic N) is 1. The van der Waals surface area contributed by atoms with Crippen molar-refractivity contribution in [1.29, 1.82) is 0 Å². The molecule has 0 saturated carbocycles. The van der Waals surface area contributed by atoms with Gasteiger partial charge < -0.3 is 14.4 Å². The van der Waals surface area contributed by atoms with Gasteiger partial charge in [0.1, 0.15) is 13.2 Å². The molecule has 6 nitrogen and oxygen atoms in total. The van der Waals surface area contributed by atoms with E-state index in [2.05, 4.69) is 32.9 Å². The van der Waals surface area contributed by atoms with Gasteiger partial charge in [-0.3, -0.25) is 14.4 Å². The highest BCUT2D eigenvalue weighted by Gasteiger charge is 2.20. The van der Waals surface area contributed by atoms with Crippen molar-refractivity contribution in [2.45, 2.75) is 195 Å². The molecule has 1 unspecified atom stereocenters. The van der Waals surface area contributed by atoms with Crippen LogP contribution in [-0.2, 0) is 23.9 Å². The Morgan fingerprint density at radius 2 is 1.00 bits per heavy atom. The quantitative estimate of drug-likeness (QED) is 0.0289. The van der Waals surface area contributed by atoms with Crippen molar-refractivity contribution in [3.63, 3.8) is 0 Å². The minimum atomic E-state index is -0.210. The van der Waals surface area contributed by atoms with Crippen LogP contribution in [0.4, 0.5) is 0 Å². The average molecular weight is 676 g/mol. The van der Waals surface area contributed by atoms with E-state index < -0.39 is 0 Å². The number of allylic oxidation sites excluding steroid dienone is 3. The molecule has 0 aromatic carbocycles. The molecule has 0 bridgehead atoms. The van der Waals surface area contributed by atoms with Crippen molar-refractivity contribution in [2.75, 3.05) is 26.3 Å². The topological polar surface area (TPSA) is 72.9 Å². The lowest BCUT2D eigenvalue weighted by Gasteiger charge is -2.22. The van der Waals surface area contributed by atoms with E-state index in [0.29, 0.717) is 13.0 Å². The first-order valence-electron chi connectivity index (χ1n) is 20.4. The molecule has 0 saturated heterocycles. The van der Waals surface area contributed by atoms with Gasteiger partial charge in [0.05, 0.1) is 19.0 Å². The number of esters is 2. The van der Waals surface area contributed by atoms with Crippen LogP contribution in [0.5, 0.6) is 0 Å². The van der Waals surface area contributed by atoms with E-state index in [0.717, 1.165) is 57.8 Å². The number of hydrogen-bond acceptors (Lipinski definition) is 5. The van der Waals surface area contributed by atoms with E-state index in [1.807, 2.05) is 0 Å². The van der Waals surface area contributed by atoms with Crippen molar-refractivity contribution in [1.82, 2.24) is 4.90 Å². The molecule has 1 atom stereocenters. The van der Waals surface area contributed by atoms with Crippen LogP contribution in [0.1, 0.15) is 195 Å². The standard InChI is InChI=1S/C42H77NO5/c1-5-9-12-15-17-18-19-20-21-22-23-24-25-27-30-34-41(45)47-37-35-43(40(44)31-8-4)36-38-48-42(46)39(32-28-14-11-7-3)33-29-26-16-13-10-6-2/h8,20-21,31,39H,5-7,9-19,22-30,32-38H2,1-4H3/b21-20-,31-8-. The van der Waals surface area contributed by atoms with Crippen molar-refractivity contribution in [3.05, 3.63) is 24.3 Å². The molecule has 0 aliphatic carbocycles. The van der Waals surface area contributed by atoms with Gasteiger partial charge in [0.15, 0.2) is 0 Å². The number of carbonyl (C=O) groups excluding carboxylic acids is 3. The first kappa shape index (κ1) is 45.9. The van der Waals surface area contributed by atoms with E-state index in [9.17, 15) is 14.4 Å². The van der Waals surface area contributed by atoms with Crippen molar-refractivity contribution < 1.29 is 23.9 Å². The third-order valence-electron chi connectivity index (χ3n) is 9.14. The third kappa shape index (κ3) is 30.0. The van der Waals surface area contributed by atoms with Crippen LogP contribution in [0, 0.1) is 5.92 Å². The summed E-state index contributed by atoms with van der Waals surface area (Å²) in [5.41, 5.74) is 0. The summed E-state index contributed by atoms with van der Waals surface area (Å²) in [6.07, 6.45) is 37.8. The molecule has 0 radical (unpaired) electrons. The number of hydrogen-bond donors (Lipinski definition) is 0. The zero-order valence-electron chi connectivity index (χ0n) is 32.1. The predicted molar refractivity (Wildman–Crippen MR) is 203 cm³/mol. The maximum absolute atomic E-state index is 13.0. The van der Waals surface area contributed by atoms with Crippen LogP contribution in [0.25, 0.3) is 0 Å². The first-order chi connectivity index (χ1) is 23.5. The SMILES string of the molecule is C/C=C\C(=O)N(CCOC(=O)CCCCCCC/C=C\CCCCCCCC)CCOC(=O)C(CCCCCC)CCCCCCCC. The number of rotatable bonds is 35. The van der Waals surface area contributed by atoms with Gasteiger partial charge in [-0.25, -0.2) is 0 Å². The maximum Gasteiger partial charge on any atom is 0.308 e. The normalized spacial score (nSPS) is 12.2. The summed E-state index contributed by atoms with van der Waals surface area (Å²) in [5, 5.41) is 0. The molecular weight excluding hydrogens is 598 g/mol. The molecule has 0 N–H and O–H groups in total. The monoisotopic (exact) mass is 676 g/mol. The van der Waals surface area contributed by atoms with Gasteiger partial charge in [-0.15, -0.1) is 0 Å². The van der Waals surface area contributed by atoms with Crippen molar-refractivity contribution in [3.8, 4) is 0 Å². The fourth-order valence-corrected chi connectivity index (χ4v) is 6.00. The highest BCUT2D eigenvalue weighted by atomic mass is 16.5. The van der Waals surface area contributed by atoms with Crippen molar-refractivity contribution >= 4 is 17.8 Å². The van der Waals surface area contributed by atoms with Crippen LogP contribution < -0.4 is 0 Å². The number of unbranched alkanes of at least 4 members (excludes halogenated alkanes) is 19. The summed E-state index contributed by atoms with van der Waals surface area (Å²) in [7, 11) is 0. The Kier molecular flexibility index (Phi) is 34.6. The zero-order chi connectivity index (χ0) is 35.3.